The molecule has 5 heteroatoms. The number of ether oxygens (including phenoxy) is 1. The zero-order chi connectivity index (χ0) is 20.6. The predicted octanol–water partition coefficient (Wildman–Crippen LogP) is 5.53. The Balaban J connectivity index is 1.49. The number of imide groups is 1. The van der Waals surface area contributed by atoms with Crippen molar-refractivity contribution in [2.45, 2.75) is 58.3 Å². The highest BCUT2D eigenvalue weighted by Crippen LogP contribution is 2.29. The summed E-state index contributed by atoms with van der Waals surface area (Å²) in [5.74, 6) is -0.520. The molecule has 0 aliphatic carbocycles. The minimum Gasteiger partial charge on any atom is -0.427 e. The lowest BCUT2D eigenvalue weighted by Gasteiger charge is -2.14. The van der Waals surface area contributed by atoms with Crippen LogP contribution in [0.5, 0.6) is 5.75 Å². The van der Waals surface area contributed by atoms with Crippen molar-refractivity contribution in [2.24, 2.45) is 0 Å². The maximum Gasteiger partial charge on any atom is 0.311 e. The molecule has 0 unspecified atom stereocenters. The smallest absolute Gasteiger partial charge is 0.311 e. The van der Waals surface area contributed by atoms with E-state index in [-0.39, 0.29) is 17.8 Å². The van der Waals surface area contributed by atoms with E-state index in [2.05, 4.69) is 6.92 Å². The van der Waals surface area contributed by atoms with Crippen LogP contribution in [-0.2, 0) is 4.79 Å². The van der Waals surface area contributed by atoms with Crippen molar-refractivity contribution in [1.82, 2.24) is 0 Å². The number of fused-ring (bicyclic) bond motifs is 1. The summed E-state index contributed by atoms with van der Waals surface area (Å²) >= 11 is 0. The molecule has 5 nitrogen and oxygen atoms in total. The number of anilines is 1. The van der Waals surface area contributed by atoms with Gasteiger partial charge in [0.25, 0.3) is 11.8 Å². The first-order valence-electron chi connectivity index (χ1n) is 10.4. The van der Waals surface area contributed by atoms with Crippen LogP contribution in [0.15, 0.2) is 48.5 Å². The van der Waals surface area contributed by atoms with E-state index in [1.807, 2.05) is 0 Å². The molecule has 0 fully saturated rings. The number of amides is 2. The summed E-state index contributed by atoms with van der Waals surface area (Å²) in [6.07, 6.45) is 8.42. The van der Waals surface area contributed by atoms with Gasteiger partial charge in [-0.15, -0.1) is 0 Å². The number of carbonyl (C=O) groups excluding carboxylic acids is 3. The van der Waals surface area contributed by atoms with E-state index in [0.717, 1.165) is 24.2 Å². The molecule has 0 radical (unpaired) electrons. The molecule has 0 N–H and O–H groups in total. The average Bonchev–Trinajstić information content (AvgIpc) is 2.99. The molecule has 0 saturated heterocycles. The molecule has 1 heterocycles. The second kappa shape index (κ2) is 10.0. The minimum atomic E-state index is -0.339. The fraction of sp³-hybridized carbons (Fsp3) is 0.375. The van der Waals surface area contributed by atoms with E-state index >= 15 is 0 Å². The summed E-state index contributed by atoms with van der Waals surface area (Å²) in [4.78, 5) is 38.2. The van der Waals surface area contributed by atoms with Crippen LogP contribution in [-0.4, -0.2) is 17.8 Å². The second-order valence-corrected chi connectivity index (χ2v) is 7.33. The summed E-state index contributed by atoms with van der Waals surface area (Å²) < 4.78 is 5.37. The fourth-order valence-corrected chi connectivity index (χ4v) is 3.50. The van der Waals surface area contributed by atoms with E-state index in [4.69, 9.17) is 4.74 Å². The van der Waals surface area contributed by atoms with E-state index < -0.39 is 0 Å². The molecule has 2 amide bonds. The highest BCUT2D eigenvalue weighted by molar-refractivity contribution is 6.34. The van der Waals surface area contributed by atoms with Gasteiger partial charge in [-0.1, -0.05) is 57.6 Å². The van der Waals surface area contributed by atoms with Crippen molar-refractivity contribution >= 4 is 23.5 Å². The SMILES string of the molecule is CCCCCCCCCC(=O)Oc1ccc(N2C(=O)c3ccccc3C2=O)cc1. The zero-order valence-electron chi connectivity index (χ0n) is 16.9. The lowest BCUT2D eigenvalue weighted by Crippen LogP contribution is -2.29. The Hall–Kier alpha value is -2.95. The van der Waals surface area contributed by atoms with Crippen molar-refractivity contribution in [1.29, 1.82) is 0 Å². The third kappa shape index (κ3) is 5.11. The highest BCUT2D eigenvalue weighted by atomic mass is 16.5. The van der Waals surface area contributed by atoms with Crippen molar-refractivity contribution < 1.29 is 19.1 Å². The molecule has 0 spiro atoms. The first kappa shape index (κ1) is 20.8. The Labute approximate surface area is 171 Å². The minimum absolute atomic E-state index is 0.257. The monoisotopic (exact) mass is 393 g/mol. The van der Waals surface area contributed by atoms with Crippen LogP contribution in [0.4, 0.5) is 5.69 Å². The summed E-state index contributed by atoms with van der Waals surface area (Å²) in [5.41, 5.74) is 1.27. The number of esters is 1. The molecule has 2 aromatic carbocycles. The zero-order valence-corrected chi connectivity index (χ0v) is 16.9. The molecule has 3 rings (SSSR count). The molecule has 0 aromatic heterocycles. The van der Waals surface area contributed by atoms with E-state index in [0.29, 0.717) is 29.0 Å². The molecular formula is C24H27NO4. The van der Waals surface area contributed by atoms with Gasteiger partial charge < -0.3 is 4.74 Å². The van der Waals surface area contributed by atoms with Crippen molar-refractivity contribution in [2.75, 3.05) is 4.90 Å². The van der Waals surface area contributed by atoms with Crippen LogP contribution >= 0.6 is 0 Å². The van der Waals surface area contributed by atoms with Gasteiger partial charge >= 0.3 is 5.97 Å². The molecule has 0 saturated carbocycles. The number of unbranched alkanes of at least 4 members (excludes halogenated alkanes) is 6. The van der Waals surface area contributed by atoms with Crippen LogP contribution < -0.4 is 9.64 Å². The lowest BCUT2D eigenvalue weighted by molar-refractivity contribution is -0.134. The number of nitrogens with zero attached hydrogens (tertiary/aromatic N) is 1. The summed E-state index contributed by atoms with van der Waals surface area (Å²) in [6.45, 7) is 2.20. The van der Waals surface area contributed by atoms with Gasteiger partial charge in [0.2, 0.25) is 0 Å². The van der Waals surface area contributed by atoms with Crippen LogP contribution in [0.1, 0.15) is 79.0 Å². The van der Waals surface area contributed by atoms with Crippen LogP contribution in [0.2, 0.25) is 0 Å². The van der Waals surface area contributed by atoms with Gasteiger partial charge in [0.15, 0.2) is 0 Å². The van der Waals surface area contributed by atoms with Crippen LogP contribution in [0.3, 0.4) is 0 Å². The Morgan fingerprint density at radius 2 is 1.34 bits per heavy atom. The topological polar surface area (TPSA) is 63.7 Å². The molecule has 1 aliphatic rings. The lowest BCUT2D eigenvalue weighted by atomic mass is 10.1. The Bertz CT molecular complexity index is 838. The number of hydrogen-bond acceptors (Lipinski definition) is 4. The molecule has 152 valence electrons. The maximum absolute atomic E-state index is 12.5. The third-order valence-electron chi connectivity index (χ3n) is 5.11. The Morgan fingerprint density at radius 1 is 0.793 bits per heavy atom. The second-order valence-electron chi connectivity index (χ2n) is 7.33. The van der Waals surface area contributed by atoms with E-state index in [1.54, 1.807) is 48.5 Å². The van der Waals surface area contributed by atoms with Crippen LogP contribution in [0.25, 0.3) is 0 Å². The maximum atomic E-state index is 12.5. The van der Waals surface area contributed by atoms with Gasteiger partial charge in [-0.2, -0.15) is 0 Å². The quantitative estimate of drug-likeness (QED) is 0.230. The average molecular weight is 393 g/mol. The highest BCUT2D eigenvalue weighted by Gasteiger charge is 2.36. The number of rotatable bonds is 10. The van der Waals surface area contributed by atoms with Crippen molar-refractivity contribution in [3.8, 4) is 5.75 Å². The van der Waals surface area contributed by atoms with Gasteiger partial charge in [0.1, 0.15) is 5.75 Å². The Kier molecular flexibility index (Phi) is 7.17. The van der Waals surface area contributed by atoms with Crippen molar-refractivity contribution in [3.63, 3.8) is 0 Å². The fourth-order valence-electron chi connectivity index (χ4n) is 3.50. The van der Waals surface area contributed by atoms with E-state index in [1.165, 1.54) is 25.7 Å². The first-order chi connectivity index (χ1) is 14.1. The molecule has 0 atom stereocenters. The Morgan fingerprint density at radius 3 is 1.93 bits per heavy atom. The molecule has 0 bridgehead atoms. The van der Waals surface area contributed by atoms with Crippen LogP contribution in [0, 0.1) is 0 Å². The first-order valence-corrected chi connectivity index (χ1v) is 10.4. The predicted molar refractivity (Wildman–Crippen MR) is 112 cm³/mol. The summed E-state index contributed by atoms with van der Waals surface area (Å²) in [6, 6.07) is 13.2. The van der Waals surface area contributed by atoms with E-state index in [9.17, 15) is 14.4 Å². The standard InChI is InChI=1S/C24H27NO4/c1-2-3-4-5-6-7-8-13-22(26)29-19-16-14-18(15-17-19)25-23(27)20-11-9-10-12-21(20)24(25)28/h9-12,14-17H,2-8,13H2,1H3. The van der Waals surface area contributed by atoms with Gasteiger partial charge in [-0.25, -0.2) is 4.90 Å². The summed E-state index contributed by atoms with van der Waals surface area (Å²) in [5, 5.41) is 0. The van der Waals surface area contributed by atoms with Gasteiger partial charge in [0, 0.05) is 6.42 Å². The molecular weight excluding hydrogens is 366 g/mol. The largest absolute Gasteiger partial charge is 0.427 e. The van der Waals surface area contributed by atoms with Gasteiger partial charge in [0.05, 0.1) is 16.8 Å². The number of benzene rings is 2. The number of hydrogen-bond donors (Lipinski definition) is 0. The number of carbonyl (C=O) groups is 3. The molecule has 1 aliphatic heterocycles. The molecule has 2 aromatic rings. The molecule has 29 heavy (non-hydrogen) atoms. The third-order valence-corrected chi connectivity index (χ3v) is 5.11. The normalized spacial score (nSPS) is 12.9. The van der Waals surface area contributed by atoms with Gasteiger partial charge in [-0.3, -0.25) is 14.4 Å². The summed E-state index contributed by atoms with van der Waals surface area (Å²) in [7, 11) is 0. The van der Waals surface area contributed by atoms with Gasteiger partial charge in [-0.05, 0) is 42.8 Å². The van der Waals surface area contributed by atoms with Crippen molar-refractivity contribution in [3.05, 3.63) is 59.7 Å².